The van der Waals surface area contributed by atoms with E-state index in [1.165, 1.54) is 0 Å². The van der Waals surface area contributed by atoms with Gasteiger partial charge in [0, 0.05) is 18.0 Å². The standard InChI is InChI=1S/C13H8ClF17O4S/c14-5(32)35-2-4-36(33,34)3-1-6(15,16)7(17,18)8(19,20)9(21,22)10(23,24)11(25,26)12(27,28)13(29,30)31/h1-4H2. The Bertz CT molecular complexity index is 912. The van der Waals surface area contributed by atoms with E-state index in [2.05, 4.69) is 16.3 Å². The van der Waals surface area contributed by atoms with E-state index in [-0.39, 0.29) is 0 Å². The van der Waals surface area contributed by atoms with Crippen molar-refractivity contribution in [2.75, 3.05) is 18.1 Å². The molecular formula is C13H8ClF17O4S. The van der Waals surface area contributed by atoms with E-state index in [1.54, 1.807) is 0 Å². The minimum atomic E-state index is -8.76. The summed E-state index contributed by atoms with van der Waals surface area (Å²) in [6, 6.07) is 0. The minimum Gasteiger partial charge on any atom is -0.453 e. The van der Waals surface area contributed by atoms with E-state index in [9.17, 15) is 87.8 Å². The number of hydrogen-bond donors (Lipinski definition) is 0. The molecule has 216 valence electrons. The molecule has 0 aliphatic rings. The van der Waals surface area contributed by atoms with Crippen LogP contribution in [0, 0.1) is 0 Å². The topological polar surface area (TPSA) is 60.4 Å². The molecule has 0 aliphatic heterocycles. The number of rotatable bonds is 12. The van der Waals surface area contributed by atoms with Gasteiger partial charge in [0.2, 0.25) is 0 Å². The van der Waals surface area contributed by atoms with Crippen LogP contribution in [0.25, 0.3) is 0 Å². The van der Waals surface area contributed by atoms with Crippen molar-refractivity contribution in [3.63, 3.8) is 0 Å². The number of ether oxygens (including phenoxy) is 1. The van der Waals surface area contributed by atoms with E-state index in [4.69, 9.17) is 0 Å². The van der Waals surface area contributed by atoms with Crippen molar-refractivity contribution in [1.82, 2.24) is 0 Å². The summed E-state index contributed by atoms with van der Waals surface area (Å²) in [7, 11) is -5.11. The summed E-state index contributed by atoms with van der Waals surface area (Å²) in [6.45, 7) is -1.25. The Labute approximate surface area is 192 Å². The molecule has 0 heterocycles. The minimum absolute atomic E-state index is 1.25. The van der Waals surface area contributed by atoms with Gasteiger partial charge >= 0.3 is 53.1 Å². The molecule has 0 aromatic rings. The Kier molecular flexibility index (Phi) is 9.28. The smallest absolute Gasteiger partial charge is 0.453 e. The summed E-state index contributed by atoms with van der Waals surface area (Å²) in [6.07, 6.45) is -11.0. The molecule has 0 rings (SSSR count). The van der Waals surface area contributed by atoms with Crippen LogP contribution in [0.4, 0.5) is 79.4 Å². The molecular weight excluding hydrogens is 611 g/mol. The molecule has 0 aromatic carbocycles. The Morgan fingerprint density at radius 2 is 0.917 bits per heavy atom. The molecule has 0 bridgehead atoms. The Balaban J connectivity index is 6.31. The first-order valence-corrected chi connectivity index (χ1v) is 10.3. The Hall–Kier alpha value is -1.48. The van der Waals surface area contributed by atoms with E-state index in [0.717, 1.165) is 0 Å². The van der Waals surface area contributed by atoms with Crippen LogP contribution < -0.4 is 0 Å². The van der Waals surface area contributed by atoms with Gasteiger partial charge in [0.15, 0.2) is 9.84 Å². The highest BCUT2D eigenvalue weighted by Gasteiger charge is 2.95. The van der Waals surface area contributed by atoms with Crippen LogP contribution in [0.3, 0.4) is 0 Å². The molecule has 0 atom stereocenters. The normalized spacial score (nSPS) is 15.7. The van der Waals surface area contributed by atoms with Crippen molar-refractivity contribution in [2.24, 2.45) is 0 Å². The van der Waals surface area contributed by atoms with Crippen LogP contribution in [-0.4, -0.2) is 79.6 Å². The lowest BCUT2D eigenvalue weighted by molar-refractivity contribution is -0.461. The van der Waals surface area contributed by atoms with Crippen molar-refractivity contribution < 1.29 is 92.6 Å². The van der Waals surface area contributed by atoms with E-state index in [0.29, 0.717) is 0 Å². The molecule has 0 amide bonds. The zero-order chi connectivity index (χ0) is 29.6. The van der Waals surface area contributed by atoms with Crippen molar-refractivity contribution in [2.45, 2.75) is 54.1 Å². The molecule has 23 heteroatoms. The number of hydrogen-bond acceptors (Lipinski definition) is 4. The largest absolute Gasteiger partial charge is 0.460 e. The van der Waals surface area contributed by atoms with Crippen LogP contribution >= 0.6 is 11.6 Å². The maximum Gasteiger partial charge on any atom is 0.460 e. The van der Waals surface area contributed by atoms with Gasteiger partial charge in [-0.2, -0.15) is 74.6 Å². The summed E-state index contributed by atoms with van der Waals surface area (Å²) in [5.74, 6) is -61.6. The SMILES string of the molecule is O=C(Cl)OCCS(=O)(=O)CCC(F)(F)C(F)(F)C(F)(F)C(F)(F)C(F)(F)C(F)(F)C(F)(F)C(F)(F)F. The summed E-state index contributed by atoms with van der Waals surface area (Å²) in [5.41, 5.74) is -1.68. The van der Waals surface area contributed by atoms with Crippen molar-refractivity contribution >= 4 is 26.9 Å². The average Bonchev–Trinajstić information content (AvgIpc) is 2.64. The lowest BCUT2D eigenvalue weighted by Gasteiger charge is -2.42. The Morgan fingerprint density at radius 1 is 0.583 bits per heavy atom. The highest BCUT2D eigenvalue weighted by Crippen LogP contribution is 2.64. The highest BCUT2D eigenvalue weighted by molar-refractivity contribution is 7.91. The van der Waals surface area contributed by atoms with Gasteiger partial charge in [-0.15, -0.1) is 0 Å². The van der Waals surface area contributed by atoms with E-state index >= 15 is 0 Å². The molecule has 0 fully saturated rings. The number of carbonyl (C=O) groups excluding carboxylic acids is 1. The van der Waals surface area contributed by atoms with Gasteiger partial charge in [-0.25, -0.2) is 13.2 Å². The maximum atomic E-state index is 13.6. The quantitative estimate of drug-likeness (QED) is 0.194. The van der Waals surface area contributed by atoms with E-state index < -0.39 is 87.4 Å². The Morgan fingerprint density at radius 3 is 1.25 bits per heavy atom. The molecule has 0 aliphatic carbocycles. The molecule has 36 heavy (non-hydrogen) atoms. The molecule has 4 nitrogen and oxygen atoms in total. The monoisotopic (exact) mass is 618 g/mol. The second-order valence-electron chi connectivity index (χ2n) is 6.64. The molecule has 0 radical (unpaired) electrons. The number of carbonyl (C=O) groups is 1. The molecule has 0 saturated heterocycles. The van der Waals surface area contributed by atoms with Crippen molar-refractivity contribution in [3.8, 4) is 0 Å². The third-order valence-electron chi connectivity index (χ3n) is 4.12. The summed E-state index contributed by atoms with van der Waals surface area (Å²) < 4.78 is 249. The predicted molar refractivity (Wildman–Crippen MR) is 81.2 cm³/mol. The third kappa shape index (κ3) is 5.66. The molecule has 0 spiro atoms. The zero-order valence-corrected chi connectivity index (χ0v) is 17.7. The zero-order valence-electron chi connectivity index (χ0n) is 16.2. The van der Waals surface area contributed by atoms with Gasteiger partial charge in [-0.05, 0) is 0 Å². The fraction of sp³-hybridized carbons (Fsp3) is 0.923. The maximum absolute atomic E-state index is 13.6. The van der Waals surface area contributed by atoms with E-state index in [1.807, 2.05) is 0 Å². The van der Waals surface area contributed by atoms with Gasteiger partial charge in [0.1, 0.15) is 6.61 Å². The first-order chi connectivity index (χ1) is 15.4. The number of alkyl halides is 17. The van der Waals surface area contributed by atoms with Crippen LogP contribution in [0.15, 0.2) is 0 Å². The van der Waals surface area contributed by atoms with Crippen molar-refractivity contribution in [1.29, 1.82) is 0 Å². The summed E-state index contributed by atoms with van der Waals surface area (Å²) >= 11 is 4.58. The lowest BCUT2D eigenvalue weighted by atomic mass is 9.88. The number of halogens is 18. The second kappa shape index (κ2) is 9.68. The van der Waals surface area contributed by atoms with Gasteiger partial charge in [-0.3, -0.25) is 0 Å². The average molecular weight is 619 g/mol. The number of sulfone groups is 1. The first-order valence-electron chi connectivity index (χ1n) is 8.11. The fourth-order valence-corrected chi connectivity index (χ4v) is 3.17. The summed E-state index contributed by atoms with van der Waals surface area (Å²) in [4.78, 5) is 10.2. The molecule has 0 aromatic heterocycles. The fourth-order valence-electron chi connectivity index (χ4n) is 1.99. The van der Waals surface area contributed by atoms with Crippen LogP contribution in [0.2, 0.25) is 0 Å². The third-order valence-corrected chi connectivity index (χ3v) is 5.85. The highest BCUT2D eigenvalue weighted by atomic mass is 35.5. The van der Waals surface area contributed by atoms with Gasteiger partial charge in [-0.1, -0.05) is 0 Å². The van der Waals surface area contributed by atoms with Crippen LogP contribution in [0.5, 0.6) is 0 Å². The van der Waals surface area contributed by atoms with Gasteiger partial charge < -0.3 is 4.74 Å². The van der Waals surface area contributed by atoms with Gasteiger partial charge in [0.25, 0.3) is 0 Å². The van der Waals surface area contributed by atoms with Crippen LogP contribution in [-0.2, 0) is 14.6 Å². The van der Waals surface area contributed by atoms with Crippen LogP contribution in [0.1, 0.15) is 6.42 Å². The van der Waals surface area contributed by atoms with Gasteiger partial charge in [0.05, 0.1) is 11.5 Å². The predicted octanol–water partition coefficient (Wildman–Crippen LogP) is 6.18. The molecule has 0 saturated carbocycles. The molecule has 0 unspecified atom stereocenters. The first kappa shape index (κ1) is 34.5. The summed E-state index contributed by atoms with van der Waals surface area (Å²) in [5, 5.41) is 0. The molecule has 0 N–H and O–H groups in total. The second-order valence-corrected chi connectivity index (χ2v) is 9.25. The van der Waals surface area contributed by atoms with Crippen molar-refractivity contribution in [3.05, 3.63) is 0 Å². The lowest BCUT2D eigenvalue weighted by Crippen LogP contribution is -2.74.